The van der Waals surface area contributed by atoms with Crippen molar-refractivity contribution in [2.45, 2.75) is 77.5 Å². The second kappa shape index (κ2) is 9.36. The zero-order valence-electron chi connectivity index (χ0n) is 14.9. The maximum absolute atomic E-state index is 11.8. The summed E-state index contributed by atoms with van der Waals surface area (Å²) in [7, 11) is 1.74. The monoisotopic (exact) mass is 314 g/mol. The van der Waals surface area contributed by atoms with Gasteiger partial charge < -0.3 is 20.1 Å². The van der Waals surface area contributed by atoms with E-state index in [4.69, 9.17) is 9.47 Å². The number of hydrogen-bond acceptors (Lipinski definition) is 4. The van der Waals surface area contributed by atoms with Crippen molar-refractivity contribution in [1.82, 2.24) is 10.6 Å². The number of carbonyl (C=O) groups is 1. The number of hydrogen-bond donors (Lipinski definition) is 2. The van der Waals surface area contributed by atoms with E-state index in [0.717, 1.165) is 19.4 Å². The molecular weight excluding hydrogens is 280 g/mol. The Bertz CT molecular complexity index is 328. The molecule has 0 aliphatic heterocycles. The number of alkyl carbamates (subject to hydrolysis) is 1. The van der Waals surface area contributed by atoms with Gasteiger partial charge in [-0.1, -0.05) is 12.8 Å². The third-order valence-electron chi connectivity index (χ3n) is 4.07. The standard InChI is InChI=1S/C17H34N2O3/c1-13(10-11-21-5)19-15-9-7-6-8-14(15)12-18-16(20)22-17(2,3)4/h13-15,19H,6-12H2,1-5H3,(H,18,20). The van der Waals surface area contributed by atoms with Crippen LogP contribution in [-0.2, 0) is 9.47 Å². The van der Waals surface area contributed by atoms with Crippen LogP contribution in [0.15, 0.2) is 0 Å². The van der Waals surface area contributed by atoms with Crippen molar-refractivity contribution in [1.29, 1.82) is 0 Å². The van der Waals surface area contributed by atoms with E-state index in [-0.39, 0.29) is 6.09 Å². The summed E-state index contributed by atoms with van der Waals surface area (Å²) in [6, 6.07) is 0.905. The fourth-order valence-electron chi connectivity index (χ4n) is 2.94. The average molecular weight is 314 g/mol. The molecule has 5 heteroatoms. The van der Waals surface area contributed by atoms with Gasteiger partial charge >= 0.3 is 6.09 Å². The Kier molecular flexibility index (Phi) is 8.18. The molecule has 1 amide bonds. The zero-order chi connectivity index (χ0) is 16.6. The lowest BCUT2D eigenvalue weighted by molar-refractivity contribution is 0.0509. The third-order valence-corrected chi connectivity index (χ3v) is 4.07. The van der Waals surface area contributed by atoms with Gasteiger partial charge in [-0.2, -0.15) is 0 Å². The molecule has 0 spiro atoms. The Hall–Kier alpha value is -0.810. The lowest BCUT2D eigenvalue weighted by Gasteiger charge is -2.34. The average Bonchev–Trinajstić information content (AvgIpc) is 2.42. The minimum Gasteiger partial charge on any atom is -0.444 e. The maximum Gasteiger partial charge on any atom is 0.407 e. The summed E-state index contributed by atoms with van der Waals surface area (Å²) < 4.78 is 10.5. The predicted octanol–water partition coefficient (Wildman–Crippen LogP) is 3.08. The molecule has 5 nitrogen and oxygen atoms in total. The Morgan fingerprint density at radius 1 is 1.27 bits per heavy atom. The van der Waals surface area contributed by atoms with Crippen molar-refractivity contribution in [3.63, 3.8) is 0 Å². The highest BCUT2D eigenvalue weighted by molar-refractivity contribution is 5.67. The first-order chi connectivity index (χ1) is 10.3. The molecule has 1 aliphatic rings. The van der Waals surface area contributed by atoms with Gasteiger partial charge in [-0.25, -0.2) is 4.79 Å². The van der Waals surface area contributed by atoms with Gasteiger partial charge in [0.2, 0.25) is 0 Å². The highest BCUT2D eigenvalue weighted by Gasteiger charge is 2.27. The molecule has 2 N–H and O–H groups in total. The number of ether oxygens (including phenoxy) is 2. The van der Waals surface area contributed by atoms with Gasteiger partial charge in [0.15, 0.2) is 0 Å². The summed E-state index contributed by atoms with van der Waals surface area (Å²) in [6.07, 6.45) is 5.54. The SMILES string of the molecule is COCCC(C)NC1CCCCC1CNC(=O)OC(C)(C)C. The van der Waals surface area contributed by atoms with Gasteiger partial charge in [0.25, 0.3) is 0 Å². The largest absolute Gasteiger partial charge is 0.444 e. The van der Waals surface area contributed by atoms with Gasteiger partial charge in [-0.3, -0.25) is 0 Å². The zero-order valence-corrected chi connectivity index (χ0v) is 14.9. The third kappa shape index (κ3) is 7.99. The van der Waals surface area contributed by atoms with Crippen molar-refractivity contribution in [2.24, 2.45) is 5.92 Å². The molecule has 1 fully saturated rings. The van der Waals surface area contributed by atoms with Gasteiger partial charge in [-0.15, -0.1) is 0 Å². The summed E-state index contributed by atoms with van der Waals surface area (Å²) in [6.45, 7) is 9.32. The van der Waals surface area contributed by atoms with Crippen molar-refractivity contribution in [3.05, 3.63) is 0 Å². The number of rotatable bonds is 7. The topological polar surface area (TPSA) is 59.6 Å². The van der Waals surface area contributed by atoms with E-state index in [1.807, 2.05) is 20.8 Å². The summed E-state index contributed by atoms with van der Waals surface area (Å²) in [5.74, 6) is 0.478. The van der Waals surface area contributed by atoms with Crippen LogP contribution in [0.5, 0.6) is 0 Å². The van der Waals surface area contributed by atoms with Gasteiger partial charge in [0, 0.05) is 32.3 Å². The van der Waals surface area contributed by atoms with E-state index >= 15 is 0 Å². The van der Waals surface area contributed by atoms with Crippen LogP contribution in [0.25, 0.3) is 0 Å². The van der Waals surface area contributed by atoms with E-state index in [1.165, 1.54) is 19.3 Å². The second-order valence-corrected chi connectivity index (χ2v) is 7.38. The summed E-state index contributed by atoms with van der Waals surface area (Å²) in [4.78, 5) is 11.8. The predicted molar refractivity (Wildman–Crippen MR) is 89.1 cm³/mol. The van der Waals surface area contributed by atoms with Crippen LogP contribution >= 0.6 is 0 Å². The van der Waals surface area contributed by atoms with Crippen molar-refractivity contribution in [3.8, 4) is 0 Å². The number of carbonyl (C=O) groups excluding carboxylic acids is 1. The maximum atomic E-state index is 11.8. The molecule has 1 aliphatic carbocycles. The van der Waals surface area contributed by atoms with E-state index in [0.29, 0.717) is 24.5 Å². The molecule has 130 valence electrons. The quantitative estimate of drug-likeness (QED) is 0.758. The van der Waals surface area contributed by atoms with Crippen molar-refractivity contribution >= 4 is 6.09 Å². The molecule has 1 saturated carbocycles. The molecule has 1 rings (SSSR count). The smallest absolute Gasteiger partial charge is 0.407 e. The Morgan fingerprint density at radius 2 is 1.95 bits per heavy atom. The molecule has 0 aromatic rings. The van der Waals surface area contributed by atoms with E-state index in [2.05, 4.69) is 17.6 Å². The van der Waals surface area contributed by atoms with E-state index in [1.54, 1.807) is 7.11 Å². The molecule has 3 atom stereocenters. The van der Waals surface area contributed by atoms with Crippen LogP contribution in [0.2, 0.25) is 0 Å². The molecule has 0 bridgehead atoms. The number of amides is 1. The van der Waals surface area contributed by atoms with Crippen LogP contribution < -0.4 is 10.6 Å². The lowest BCUT2D eigenvalue weighted by Crippen LogP contribution is -2.48. The van der Waals surface area contributed by atoms with Crippen LogP contribution in [0.3, 0.4) is 0 Å². The van der Waals surface area contributed by atoms with E-state index < -0.39 is 5.60 Å². The molecular formula is C17H34N2O3. The lowest BCUT2D eigenvalue weighted by atomic mass is 9.84. The molecule has 0 aromatic carbocycles. The Labute approximate surface area is 135 Å². The first-order valence-corrected chi connectivity index (χ1v) is 8.53. The normalized spacial score (nSPS) is 23.9. The van der Waals surface area contributed by atoms with Gasteiger partial charge in [0.05, 0.1) is 0 Å². The van der Waals surface area contributed by atoms with Crippen LogP contribution in [0, 0.1) is 5.92 Å². The molecule has 0 radical (unpaired) electrons. The molecule has 0 saturated heterocycles. The molecule has 22 heavy (non-hydrogen) atoms. The van der Waals surface area contributed by atoms with Crippen LogP contribution in [0.4, 0.5) is 4.79 Å². The highest BCUT2D eigenvalue weighted by atomic mass is 16.6. The van der Waals surface area contributed by atoms with Gasteiger partial charge in [0.1, 0.15) is 5.60 Å². The first-order valence-electron chi connectivity index (χ1n) is 8.53. The van der Waals surface area contributed by atoms with Crippen LogP contribution in [-0.4, -0.2) is 44.0 Å². The summed E-state index contributed by atoms with van der Waals surface area (Å²) in [5.41, 5.74) is -0.442. The van der Waals surface area contributed by atoms with Crippen molar-refractivity contribution < 1.29 is 14.3 Å². The fraction of sp³-hybridized carbons (Fsp3) is 0.941. The molecule has 0 aromatic heterocycles. The van der Waals surface area contributed by atoms with Crippen LogP contribution in [0.1, 0.15) is 59.8 Å². The van der Waals surface area contributed by atoms with Gasteiger partial charge in [-0.05, 0) is 52.9 Å². The summed E-state index contributed by atoms with van der Waals surface area (Å²) >= 11 is 0. The number of methoxy groups -OCH3 is 1. The number of nitrogens with one attached hydrogen (secondary N) is 2. The molecule has 0 heterocycles. The Balaban J connectivity index is 2.39. The van der Waals surface area contributed by atoms with E-state index in [9.17, 15) is 4.79 Å². The second-order valence-electron chi connectivity index (χ2n) is 7.38. The fourth-order valence-corrected chi connectivity index (χ4v) is 2.94. The molecule has 3 unspecified atom stereocenters. The summed E-state index contributed by atoms with van der Waals surface area (Å²) in [5, 5.41) is 6.63. The van der Waals surface area contributed by atoms with Crippen molar-refractivity contribution in [2.75, 3.05) is 20.3 Å². The minimum absolute atomic E-state index is 0.316. The minimum atomic E-state index is -0.442. The first kappa shape index (κ1) is 19.2. The highest BCUT2D eigenvalue weighted by Crippen LogP contribution is 2.24. The Morgan fingerprint density at radius 3 is 2.59 bits per heavy atom.